The smallest absolute Gasteiger partial charge is 0.407 e. The van der Waals surface area contributed by atoms with Gasteiger partial charge in [0.2, 0.25) is 5.91 Å². The zero-order chi connectivity index (χ0) is 16.8. The van der Waals surface area contributed by atoms with Crippen LogP contribution in [-0.2, 0) is 9.53 Å². The summed E-state index contributed by atoms with van der Waals surface area (Å²) in [5.74, 6) is 0.0876. The summed E-state index contributed by atoms with van der Waals surface area (Å²) in [5, 5.41) is 9.14. The molecule has 0 radical (unpaired) electrons. The lowest BCUT2D eigenvalue weighted by Crippen LogP contribution is -2.53. The van der Waals surface area contributed by atoms with E-state index in [1.165, 1.54) is 0 Å². The zero-order valence-electron chi connectivity index (χ0n) is 14.5. The number of hydrogen-bond acceptors (Lipinski definition) is 4. The van der Waals surface area contributed by atoms with Gasteiger partial charge in [0.1, 0.15) is 5.60 Å². The summed E-state index contributed by atoms with van der Waals surface area (Å²) < 4.78 is 5.22. The van der Waals surface area contributed by atoms with E-state index in [1.807, 2.05) is 27.7 Å². The zero-order valence-corrected chi connectivity index (χ0v) is 14.5. The quantitative estimate of drug-likeness (QED) is 0.671. The predicted octanol–water partition coefficient (Wildman–Crippen LogP) is 1.94. The third-order valence-corrected chi connectivity index (χ3v) is 3.66. The Hall–Kier alpha value is -1.30. The van der Waals surface area contributed by atoms with Crippen LogP contribution in [-0.4, -0.2) is 42.3 Å². The number of nitrogens with one attached hydrogen (secondary N) is 3. The van der Waals surface area contributed by atoms with Crippen molar-refractivity contribution in [2.45, 2.75) is 84.0 Å². The second-order valence-corrected chi connectivity index (χ2v) is 7.09. The summed E-state index contributed by atoms with van der Waals surface area (Å²) in [6.45, 7) is 10.3. The Morgan fingerprint density at radius 1 is 1.23 bits per heavy atom. The van der Waals surface area contributed by atoms with E-state index in [2.05, 4.69) is 22.9 Å². The first kappa shape index (κ1) is 18.7. The Kier molecular flexibility index (Phi) is 7.13. The van der Waals surface area contributed by atoms with Crippen molar-refractivity contribution in [1.82, 2.24) is 16.0 Å². The van der Waals surface area contributed by atoms with Crippen LogP contribution in [0, 0.1) is 0 Å². The second kappa shape index (κ2) is 8.36. The molecule has 1 saturated carbocycles. The van der Waals surface area contributed by atoms with Gasteiger partial charge in [0.05, 0.1) is 0 Å². The van der Waals surface area contributed by atoms with Crippen molar-refractivity contribution in [1.29, 1.82) is 0 Å². The first-order valence-electron chi connectivity index (χ1n) is 8.22. The molecule has 0 aromatic carbocycles. The van der Waals surface area contributed by atoms with Gasteiger partial charge >= 0.3 is 6.09 Å². The van der Waals surface area contributed by atoms with Gasteiger partial charge in [-0.05, 0) is 47.0 Å². The van der Waals surface area contributed by atoms with Crippen LogP contribution in [0.1, 0.15) is 60.3 Å². The van der Waals surface area contributed by atoms with Crippen molar-refractivity contribution in [3.63, 3.8) is 0 Å². The maximum absolute atomic E-state index is 11.6. The molecule has 0 spiro atoms. The summed E-state index contributed by atoms with van der Waals surface area (Å²) in [4.78, 5) is 23.2. The Bertz CT molecular complexity index is 373. The Morgan fingerprint density at radius 2 is 1.86 bits per heavy atom. The molecule has 0 aromatic heterocycles. The molecule has 0 aromatic rings. The van der Waals surface area contributed by atoms with Gasteiger partial charge < -0.3 is 20.7 Å². The van der Waals surface area contributed by atoms with Crippen molar-refractivity contribution in [2.24, 2.45) is 0 Å². The van der Waals surface area contributed by atoms with Crippen molar-refractivity contribution in [3.05, 3.63) is 0 Å². The van der Waals surface area contributed by atoms with E-state index in [4.69, 9.17) is 4.74 Å². The van der Waals surface area contributed by atoms with Crippen LogP contribution in [0.3, 0.4) is 0 Å². The van der Waals surface area contributed by atoms with Gasteiger partial charge in [-0.1, -0.05) is 6.92 Å². The molecule has 0 aliphatic heterocycles. The summed E-state index contributed by atoms with van der Waals surface area (Å²) in [5.41, 5.74) is -0.464. The number of carbonyl (C=O) groups is 2. The fraction of sp³-hybridized carbons (Fsp3) is 0.875. The minimum atomic E-state index is -0.464. The Morgan fingerprint density at radius 3 is 2.41 bits per heavy atom. The van der Waals surface area contributed by atoms with Crippen LogP contribution in [0.5, 0.6) is 0 Å². The molecule has 1 unspecified atom stereocenters. The summed E-state index contributed by atoms with van der Waals surface area (Å²) in [7, 11) is 0. The molecule has 22 heavy (non-hydrogen) atoms. The van der Waals surface area contributed by atoms with E-state index < -0.39 is 5.60 Å². The van der Waals surface area contributed by atoms with Crippen LogP contribution in [0.4, 0.5) is 4.79 Å². The van der Waals surface area contributed by atoms with Gasteiger partial charge in [0, 0.05) is 31.1 Å². The Labute approximate surface area is 133 Å². The largest absolute Gasteiger partial charge is 0.444 e. The highest BCUT2D eigenvalue weighted by Crippen LogP contribution is 2.20. The minimum absolute atomic E-state index is 0.0876. The van der Waals surface area contributed by atoms with Crippen LogP contribution in [0.2, 0.25) is 0 Å². The first-order valence-corrected chi connectivity index (χ1v) is 8.22. The molecule has 1 aliphatic rings. The standard InChI is InChI=1S/C16H31N3O3/c1-6-11(2)18-14(20)7-8-17-12-9-13(10-12)19-15(21)22-16(3,4)5/h11-13,17H,6-10H2,1-5H3,(H,18,20)(H,19,21). The molecule has 6 nitrogen and oxygen atoms in total. The Balaban J connectivity index is 2.06. The van der Waals surface area contributed by atoms with Crippen molar-refractivity contribution in [3.8, 4) is 0 Å². The average molecular weight is 313 g/mol. The molecular formula is C16H31N3O3. The fourth-order valence-electron chi connectivity index (χ4n) is 2.22. The molecule has 1 atom stereocenters. The number of rotatable bonds is 7. The molecular weight excluding hydrogens is 282 g/mol. The lowest BCUT2D eigenvalue weighted by Gasteiger charge is -2.36. The topological polar surface area (TPSA) is 79.5 Å². The third kappa shape index (κ3) is 7.64. The molecule has 1 rings (SSSR count). The molecule has 3 N–H and O–H groups in total. The summed E-state index contributed by atoms with van der Waals surface area (Å²) in [6.07, 6.45) is 2.84. The molecule has 128 valence electrons. The highest BCUT2D eigenvalue weighted by atomic mass is 16.6. The molecule has 2 amide bonds. The van der Waals surface area contributed by atoms with Gasteiger partial charge in [0.15, 0.2) is 0 Å². The second-order valence-electron chi connectivity index (χ2n) is 7.09. The number of alkyl carbamates (subject to hydrolysis) is 1. The van der Waals surface area contributed by atoms with E-state index in [-0.39, 0.29) is 24.1 Å². The molecule has 0 heterocycles. The SMILES string of the molecule is CCC(C)NC(=O)CCNC1CC(NC(=O)OC(C)(C)C)C1. The average Bonchev–Trinajstić information content (AvgIpc) is 2.33. The van der Waals surface area contributed by atoms with E-state index in [9.17, 15) is 9.59 Å². The van der Waals surface area contributed by atoms with Crippen molar-refractivity contribution in [2.75, 3.05) is 6.54 Å². The monoisotopic (exact) mass is 313 g/mol. The van der Waals surface area contributed by atoms with Gasteiger partial charge in [-0.25, -0.2) is 4.79 Å². The highest BCUT2D eigenvalue weighted by molar-refractivity contribution is 5.76. The number of amides is 2. The maximum Gasteiger partial charge on any atom is 0.407 e. The van der Waals surface area contributed by atoms with E-state index in [1.54, 1.807) is 0 Å². The van der Waals surface area contributed by atoms with Gasteiger partial charge in [-0.2, -0.15) is 0 Å². The number of hydrogen-bond donors (Lipinski definition) is 3. The molecule has 6 heteroatoms. The normalized spacial score (nSPS) is 22.4. The number of carbonyl (C=O) groups excluding carboxylic acids is 2. The number of ether oxygens (including phenoxy) is 1. The molecule has 1 fully saturated rings. The van der Waals surface area contributed by atoms with E-state index in [0.717, 1.165) is 19.3 Å². The van der Waals surface area contributed by atoms with E-state index >= 15 is 0 Å². The van der Waals surface area contributed by atoms with Gasteiger partial charge in [0.25, 0.3) is 0 Å². The van der Waals surface area contributed by atoms with Crippen LogP contribution in [0.25, 0.3) is 0 Å². The molecule has 1 aliphatic carbocycles. The van der Waals surface area contributed by atoms with E-state index in [0.29, 0.717) is 19.0 Å². The first-order chi connectivity index (χ1) is 10.2. The van der Waals surface area contributed by atoms with Gasteiger partial charge in [-0.15, -0.1) is 0 Å². The lowest BCUT2D eigenvalue weighted by atomic mass is 9.87. The maximum atomic E-state index is 11.6. The van der Waals surface area contributed by atoms with Crippen LogP contribution >= 0.6 is 0 Å². The fourth-order valence-corrected chi connectivity index (χ4v) is 2.22. The summed E-state index contributed by atoms with van der Waals surface area (Å²) >= 11 is 0. The highest BCUT2D eigenvalue weighted by Gasteiger charge is 2.31. The lowest BCUT2D eigenvalue weighted by molar-refractivity contribution is -0.121. The van der Waals surface area contributed by atoms with Crippen molar-refractivity contribution < 1.29 is 14.3 Å². The molecule has 0 bridgehead atoms. The van der Waals surface area contributed by atoms with Crippen LogP contribution < -0.4 is 16.0 Å². The minimum Gasteiger partial charge on any atom is -0.444 e. The van der Waals surface area contributed by atoms with Gasteiger partial charge in [-0.3, -0.25) is 4.79 Å². The summed E-state index contributed by atoms with van der Waals surface area (Å²) in [6, 6.07) is 0.774. The third-order valence-electron chi connectivity index (χ3n) is 3.66. The van der Waals surface area contributed by atoms with Crippen molar-refractivity contribution >= 4 is 12.0 Å². The predicted molar refractivity (Wildman–Crippen MR) is 86.7 cm³/mol. The van der Waals surface area contributed by atoms with Crippen LogP contribution in [0.15, 0.2) is 0 Å². The molecule has 0 saturated heterocycles.